The second-order valence-electron chi connectivity index (χ2n) is 4.88. The molecule has 0 aliphatic carbocycles. The second kappa shape index (κ2) is 7.28. The molecule has 0 aliphatic heterocycles. The quantitative estimate of drug-likeness (QED) is 0.482. The third-order valence-electron chi connectivity index (χ3n) is 3.31. The monoisotopic (exact) mass is 420 g/mol. The number of nitro groups is 3. The molecule has 2 aromatic carbocycles. The first-order chi connectivity index (χ1) is 12.0. The van der Waals surface area contributed by atoms with Gasteiger partial charge in [-0.25, -0.2) is 0 Å². The Morgan fingerprint density at radius 2 is 1.19 bits per heavy atom. The molecule has 0 saturated carbocycles. The van der Waals surface area contributed by atoms with E-state index in [9.17, 15) is 30.3 Å². The molecule has 0 saturated heterocycles. The summed E-state index contributed by atoms with van der Waals surface area (Å²) in [5, 5.41) is 33.8. The molecule has 136 valence electrons. The zero-order valence-corrected chi connectivity index (χ0v) is 14.9. The van der Waals surface area contributed by atoms with Gasteiger partial charge in [-0.1, -0.05) is 34.8 Å². The number of nitro benzene ring substituents is 3. The van der Waals surface area contributed by atoms with Crippen molar-refractivity contribution in [3.63, 3.8) is 0 Å². The van der Waals surface area contributed by atoms with Gasteiger partial charge in [0.2, 0.25) is 0 Å². The van der Waals surface area contributed by atoms with Gasteiger partial charge >= 0.3 is 11.4 Å². The van der Waals surface area contributed by atoms with E-state index in [1.165, 1.54) is 19.2 Å². The van der Waals surface area contributed by atoms with Crippen molar-refractivity contribution in [2.45, 2.75) is 0 Å². The topological polar surface area (TPSA) is 133 Å². The van der Waals surface area contributed by atoms with E-state index in [4.69, 9.17) is 34.8 Å². The number of hydrogen-bond acceptors (Lipinski definition) is 7. The molecule has 0 radical (unpaired) electrons. The van der Waals surface area contributed by atoms with E-state index in [-0.39, 0.29) is 20.8 Å². The van der Waals surface area contributed by atoms with Crippen LogP contribution in [-0.4, -0.2) is 21.8 Å². The molecule has 10 nitrogen and oxygen atoms in total. The minimum Gasteiger partial charge on any atom is -0.331 e. The van der Waals surface area contributed by atoms with Gasteiger partial charge in [0.1, 0.15) is 0 Å². The van der Waals surface area contributed by atoms with Crippen LogP contribution < -0.4 is 4.90 Å². The number of anilines is 2. The molecule has 0 aromatic heterocycles. The smallest absolute Gasteiger partial charge is 0.306 e. The largest absolute Gasteiger partial charge is 0.331 e. The zero-order valence-electron chi connectivity index (χ0n) is 12.7. The number of non-ortho nitro benzene ring substituents is 1. The minimum absolute atomic E-state index is 0.0118. The van der Waals surface area contributed by atoms with Crippen LogP contribution in [0.15, 0.2) is 24.3 Å². The molecule has 0 aliphatic rings. The molecule has 0 heterocycles. The predicted octanol–water partition coefficient (Wildman–Crippen LogP) is 5.14. The van der Waals surface area contributed by atoms with E-state index in [1.807, 2.05) is 0 Å². The summed E-state index contributed by atoms with van der Waals surface area (Å²) in [6.45, 7) is 0. The molecule has 0 bridgehead atoms. The Morgan fingerprint density at radius 3 is 1.54 bits per heavy atom. The summed E-state index contributed by atoms with van der Waals surface area (Å²) in [5.74, 6) is 0. The Hall–Kier alpha value is -2.69. The molecule has 0 fully saturated rings. The maximum Gasteiger partial charge on any atom is 0.306 e. The first-order valence-electron chi connectivity index (χ1n) is 6.54. The molecular formula is C13H7Cl3N4O6. The zero-order chi connectivity index (χ0) is 19.8. The van der Waals surface area contributed by atoms with Gasteiger partial charge < -0.3 is 4.90 Å². The summed E-state index contributed by atoms with van der Waals surface area (Å²) in [5.41, 5.74) is -3.01. The molecule has 2 rings (SSSR count). The van der Waals surface area contributed by atoms with Crippen molar-refractivity contribution in [1.82, 2.24) is 0 Å². The third kappa shape index (κ3) is 3.62. The van der Waals surface area contributed by atoms with Crippen LogP contribution in [0.2, 0.25) is 15.1 Å². The Kier molecular flexibility index (Phi) is 5.50. The molecule has 26 heavy (non-hydrogen) atoms. The van der Waals surface area contributed by atoms with Crippen LogP contribution in [0.3, 0.4) is 0 Å². The molecule has 0 N–H and O–H groups in total. The summed E-state index contributed by atoms with van der Waals surface area (Å²) in [4.78, 5) is 31.8. The fraction of sp³-hybridized carbons (Fsp3) is 0.0769. The van der Waals surface area contributed by atoms with Gasteiger partial charge in [-0.3, -0.25) is 30.3 Å². The number of hydrogen-bond donors (Lipinski definition) is 0. The first kappa shape index (κ1) is 19.6. The van der Waals surface area contributed by atoms with Crippen LogP contribution in [0.4, 0.5) is 28.4 Å². The van der Waals surface area contributed by atoms with Gasteiger partial charge in [0.15, 0.2) is 5.69 Å². The highest BCUT2D eigenvalue weighted by Crippen LogP contribution is 2.47. The lowest BCUT2D eigenvalue weighted by Crippen LogP contribution is -2.15. The maximum absolute atomic E-state index is 11.4. The van der Waals surface area contributed by atoms with Gasteiger partial charge in [0.25, 0.3) is 5.69 Å². The lowest BCUT2D eigenvalue weighted by Gasteiger charge is -2.21. The van der Waals surface area contributed by atoms with Crippen LogP contribution in [0.1, 0.15) is 0 Å². The molecule has 0 spiro atoms. The highest BCUT2D eigenvalue weighted by atomic mass is 35.5. The Bertz CT molecular complexity index is 893. The Labute approximate surface area is 159 Å². The van der Waals surface area contributed by atoms with E-state index in [0.29, 0.717) is 12.1 Å². The van der Waals surface area contributed by atoms with Crippen LogP contribution in [0, 0.1) is 30.3 Å². The molecule has 2 aromatic rings. The van der Waals surface area contributed by atoms with Crippen molar-refractivity contribution in [3.05, 3.63) is 69.7 Å². The minimum atomic E-state index is -0.969. The van der Waals surface area contributed by atoms with Crippen molar-refractivity contribution in [1.29, 1.82) is 0 Å². The molecule has 0 atom stereocenters. The fourth-order valence-electron chi connectivity index (χ4n) is 2.28. The normalized spacial score (nSPS) is 10.5. The van der Waals surface area contributed by atoms with E-state index in [1.54, 1.807) is 0 Å². The molecule has 13 heteroatoms. The lowest BCUT2D eigenvalue weighted by atomic mass is 10.1. The molecule has 0 amide bonds. The summed E-state index contributed by atoms with van der Waals surface area (Å²) in [7, 11) is 1.25. The predicted molar refractivity (Wildman–Crippen MR) is 95.9 cm³/mol. The summed E-state index contributed by atoms with van der Waals surface area (Å²) >= 11 is 17.9. The van der Waals surface area contributed by atoms with E-state index < -0.39 is 37.5 Å². The lowest BCUT2D eigenvalue weighted by molar-refractivity contribution is -0.402. The number of halogens is 3. The SMILES string of the molecule is CN(c1c(Cl)cc(Cl)cc1Cl)c1c([N+](=O)[O-])cc([N+](=O)[O-])cc1[N+](=O)[O-]. The van der Waals surface area contributed by atoms with Crippen molar-refractivity contribution >= 4 is 63.2 Å². The van der Waals surface area contributed by atoms with E-state index in [2.05, 4.69) is 0 Å². The fourth-order valence-corrected chi connectivity index (χ4v) is 3.35. The average Bonchev–Trinajstić information content (AvgIpc) is 2.52. The number of benzene rings is 2. The van der Waals surface area contributed by atoms with Gasteiger partial charge in [0.05, 0.1) is 42.6 Å². The van der Waals surface area contributed by atoms with Gasteiger partial charge in [-0.15, -0.1) is 0 Å². The van der Waals surface area contributed by atoms with Crippen molar-refractivity contribution in [3.8, 4) is 0 Å². The number of rotatable bonds is 5. The second-order valence-corrected chi connectivity index (χ2v) is 6.13. The summed E-state index contributed by atoms with van der Waals surface area (Å²) < 4.78 is 0. The standard InChI is InChI=1S/C13H7Cl3N4O6/c1-17(12-8(15)2-6(14)3-9(12)16)13-10(19(23)24)4-7(18(21)22)5-11(13)20(25)26/h2-5H,1H3. The molecule has 0 unspecified atom stereocenters. The summed E-state index contributed by atoms with van der Waals surface area (Å²) in [6, 6.07) is 3.83. The van der Waals surface area contributed by atoms with Gasteiger partial charge in [-0.2, -0.15) is 0 Å². The summed E-state index contributed by atoms with van der Waals surface area (Å²) in [6.07, 6.45) is 0. The van der Waals surface area contributed by atoms with Crippen LogP contribution in [0.25, 0.3) is 0 Å². The van der Waals surface area contributed by atoms with Crippen LogP contribution >= 0.6 is 34.8 Å². The number of nitrogens with zero attached hydrogens (tertiary/aromatic N) is 4. The Balaban J connectivity index is 2.85. The van der Waals surface area contributed by atoms with Crippen LogP contribution in [-0.2, 0) is 0 Å². The maximum atomic E-state index is 11.4. The first-order valence-corrected chi connectivity index (χ1v) is 7.67. The molecular weight excluding hydrogens is 415 g/mol. The highest BCUT2D eigenvalue weighted by molar-refractivity contribution is 6.42. The van der Waals surface area contributed by atoms with E-state index in [0.717, 1.165) is 4.90 Å². The van der Waals surface area contributed by atoms with Crippen molar-refractivity contribution in [2.24, 2.45) is 0 Å². The third-order valence-corrected chi connectivity index (χ3v) is 4.11. The van der Waals surface area contributed by atoms with Gasteiger partial charge in [0, 0.05) is 12.1 Å². The Morgan fingerprint density at radius 1 is 0.769 bits per heavy atom. The van der Waals surface area contributed by atoms with Crippen LogP contribution in [0.5, 0.6) is 0 Å². The average molecular weight is 422 g/mol. The van der Waals surface area contributed by atoms with Gasteiger partial charge in [-0.05, 0) is 12.1 Å². The van der Waals surface area contributed by atoms with Crippen molar-refractivity contribution in [2.75, 3.05) is 11.9 Å². The van der Waals surface area contributed by atoms with Crippen molar-refractivity contribution < 1.29 is 14.8 Å². The van der Waals surface area contributed by atoms with E-state index >= 15 is 0 Å². The highest BCUT2D eigenvalue weighted by Gasteiger charge is 2.34.